The first-order chi connectivity index (χ1) is 8.16. The van der Waals surface area contributed by atoms with Gasteiger partial charge in [-0.05, 0) is 37.6 Å². The SMILES string of the molecule is O=C(Nc1ccc(Br)cc1F)[C@@H]1CCCNC1. The minimum atomic E-state index is -0.420. The lowest BCUT2D eigenvalue weighted by Gasteiger charge is -2.22. The highest BCUT2D eigenvalue weighted by Crippen LogP contribution is 2.21. The van der Waals surface area contributed by atoms with Crippen molar-refractivity contribution in [2.75, 3.05) is 18.4 Å². The maximum Gasteiger partial charge on any atom is 0.228 e. The zero-order valence-electron chi connectivity index (χ0n) is 9.30. The Morgan fingerprint density at radius 3 is 3.00 bits per heavy atom. The molecular weight excluding hydrogens is 287 g/mol. The third-order valence-electron chi connectivity index (χ3n) is 2.86. The van der Waals surface area contributed by atoms with E-state index in [4.69, 9.17) is 0 Å². The normalized spacial score (nSPS) is 20.0. The summed E-state index contributed by atoms with van der Waals surface area (Å²) in [4.78, 5) is 11.9. The van der Waals surface area contributed by atoms with Crippen molar-refractivity contribution < 1.29 is 9.18 Å². The van der Waals surface area contributed by atoms with E-state index in [-0.39, 0.29) is 17.5 Å². The van der Waals surface area contributed by atoms with Gasteiger partial charge in [-0.2, -0.15) is 0 Å². The van der Waals surface area contributed by atoms with Crippen LogP contribution in [0.2, 0.25) is 0 Å². The second-order valence-corrected chi connectivity index (χ2v) is 5.07. The van der Waals surface area contributed by atoms with Crippen LogP contribution in [0.3, 0.4) is 0 Å². The number of anilines is 1. The molecule has 1 aliphatic heterocycles. The van der Waals surface area contributed by atoms with Gasteiger partial charge >= 0.3 is 0 Å². The average molecular weight is 301 g/mol. The topological polar surface area (TPSA) is 41.1 Å². The third-order valence-corrected chi connectivity index (χ3v) is 3.35. The highest BCUT2D eigenvalue weighted by Gasteiger charge is 2.21. The summed E-state index contributed by atoms with van der Waals surface area (Å²) in [7, 11) is 0. The first-order valence-corrected chi connectivity index (χ1v) is 6.43. The van der Waals surface area contributed by atoms with Crippen LogP contribution in [0.4, 0.5) is 10.1 Å². The maximum atomic E-state index is 13.5. The largest absolute Gasteiger partial charge is 0.323 e. The molecule has 0 saturated carbocycles. The number of hydrogen-bond acceptors (Lipinski definition) is 2. The van der Waals surface area contributed by atoms with Gasteiger partial charge in [0.1, 0.15) is 5.82 Å². The van der Waals surface area contributed by atoms with Gasteiger partial charge in [0.05, 0.1) is 11.6 Å². The van der Waals surface area contributed by atoms with Crippen molar-refractivity contribution in [2.45, 2.75) is 12.8 Å². The molecule has 5 heteroatoms. The molecule has 0 radical (unpaired) electrons. The Kier molecular flexibility index (Phi) is 4.12. The van der Waals surface area contributed by atoms with Gasteiger partial charge in [0.15, 0.2) is 0 Å². The summed E-state index contributed by atoms with van der Waals surface area (Å²) in [6.45, 7) is 1.63. The summed E-state index contributed by atoms with van der Waals surface area (Å²) in [6.07, 6.45) is 1.85. The first-order valence-electron chi connectivity index (χ1n) is 5.63. The smallest absolute Gasteiger partial charge is 0.228 e. The van der Waals surface area contributed by atoms with Gasteiger partial charge in [0.25, 0.3) is 0 Å². The number of piperidine rings is 1. The van der Waals surface area contributed by atoms with Crippen molar-refractivity contribution in [3.63, 3.8) is 0 Å². The number of carbonyl (C=O) groups is 1. The number of rotatable bonds is 2. The Morgan fingerprint density at radius 2 is 2.35 bits per heavy atom. The molecule has 1 aliphatic rings. The molecule has 1 atom stereocenters. The third kappa shape index (κ3) is 3.26. The highest BCUT2D eigenvalue weighted by molar-refractivity contribution is 9.10. The maximum absolute atomic E-state index is 13.5. The number of amides is 1. The van der Waals surface area contributed by atoms with Crippen molar-refractivity contribution >= 4 is 27.5 Å². The molecule has 1 aromatic rings. The number of hydrogen-bond donors (Lipinski definition) is 2. The number of benzene rings is 1. The molecule has 3 nitrogen and oxygen atoms in total. The zero-order valence-corrected chi connectivity index (χ0v) is 10.9. The van der Waals surface area contributed by atoms with Crippen molar-refractivity contribution in [1.82, 2.24) is 5.32 Å². The van der Waals surface area contributed by atoms with Gasteiger partial charge < -0.3 is 10.6 Å². The molecule has 0 bridgehead atoms. The van der Waals surface area contributed by atoms with Gasteiger partial charge in [0.2, 0.25) is 5.91 Å². The molecule has 2 N–H and O–H groups in total. The van der Waals surface area contributed by atoms with Crippen molar-refractivity contribution in [2.24, 2.45) is 5.92 Å². The Bertz CT molecular complexity index is 419. The molecule has 0 unspecified atom stereocenters. The van der Waals surface area contributed by atoms with Crippen LogP contribution in [0.1, 0.15) is 12.8 Å². The predicted molar refractivity (Wildman–Crippen MR) is 68.3 cm³/mol. The van der Waals surface area contributed by atoms with Gasteiger partial charge in [-0.1, -0.05) is 15.9 Å². The summed E-state index contributed by atoms with van der Waals surface area (Å²) in [6, 6.07) is 4.61. The monoisotopic (exact) mass is 300 g/mol. The fourth-order valence-electron chi connectivity index (χ4n) is 1.90. The fourth-order valence-corrected chi connectivity index (χ4v) is 2.23. The second kappa shape index (κ2) is 5.60. The van der Waals surface area contributed by atoms with E-state index in [1.54, 1.807) is 12.1 Å². The van der Waals surface area contributed by atoms with E-state index in [1.807, 2.05) is 0 Å². The number of halogens is 2. The van der Waals surface area contributed by atoms with Crippen LogP contribution in [0.25, 0.3) is 0 Å². The van der Waals surface area contributed by atoms with Crippen LogP contribution >= 0.6 is 15.9 Å². The molecule has 1 saturated heterocycles. The first kappa shape index (κ1) is 12.5. The molecule has 0 spiro atoms. The molecule has 1 aromatic carbocycles. The van der Waals surface area contributed by atoms with Crippen LogP contribution in [-0.4, -0.2) is 19.0 Å². The van der Waals surface area contributed by atoms with E-state index in [2.05, 4.69) is 26.6 Å². The van der Waals surface area contributed by atoms with Gasteiger partial charge in [0, 0.05) is 11.0 Å². The summed E-state index contributed by atoms with van der Waals surface area (Å²) in [5, 5.41) is 5.80. The fraction of sp³-hybridized carbons (Fsp3) is 0.417. The molecule has 17 heavy (non-hydrogen) atoms. The van der Waals surface area contributed by atoms with Crippen molar-refractivity contribution in [3.05, 3.63) is 28.5 Å². The van der Waals surface area contributed by atoms with Gasteiger partial charge in [-0.25, -0.2) is 4.39 Å². The van der Waals surface area contributed by atoms with Crippen LogP contribution in [0, 0.1) is 11.7 Å². The molecule has 1 heterocycles. The van der Waals surface area contributed by atoms with E-state index in [9.17, 15) is 9.18 Å². The standard InChI is InChI=1S/C12H14BrFN2O/c13-9-3-4-11(10(14)6-9)16-12(17)8-2-1-5-15-7-8/h3-4,6,8,15H,1-2,5,7H2,(H,16,17)/t8-/m1/s1. The second-order valence-electron chi connectivity index (χ2n) is 4.16. The van der Waals surface area contributed by atoms with Crippen molar-refractivity contribution in [3.8, 4) is 0 Å². The summed E-state index contributed by atoms with van der Waals surface area (Å²) < 4.78 is 14.2. The van der Waals surface area contributed by atoms with Crippen LogP contribution in [0.15, 0.2) is 22.7 Å². The molecule has 2 rings (SSSR count). The van der Waals surface area contributed by atoms with E-state index in [0.29, 0.717) is 11.0 Å². The lowest BCUT2D eigenvalue weighted by atomic mass is 9.99. The summed E-state index contributed by atoms with van der Waals surface area (Å²) in [5.41, 5.74) is 0.240. The van der Waals surface area contributed by atoms with Gasteiger partial charge in [-0.15, -0.1) is 0 Å². The lowest BCUT2D eigenvalue weighted by Crippen LogP contribution is -2.37. The summed E-state index contributed by atoms with van der Waals surface area (Å²) >= 11 is 3.18. The zero-order chi connectivity index (χ0) is 12.3. The molecule has 0 aromatic heterocycles. The molecule has 92 valence electrons. The lowest BCUT2D eigenvalue weighted by molar-refractivity contribution is -0.120. The van der Waals surface area contributed by atoms with E-state index >= 15 is 0 Å². The van der Waals surface area contributed by atoms with Crippen LogP contribution in [0.5, 0.6) is 0 Å². The van der Waals surface area contributed by atoms with E-state index in [0.717, 1.165) is 19.4 Å². The van der Waals surface area contributed by atoms with E-state index in [1.165, 1.54) is 6.07 Å². The quantitative estimate of drug-likeness (QED) is 0.881. The minimum absolute atomic E-state index is 0.0632. The number of carbonyl (C=O) groups excluding carboxylic acids is 1. The van der Waals surface area contributed by atoms with Crippen molar-refractivity contribution in [1.29, 1.82) is 0 Å². The molecule has 1 amide bonds. The molecule has 0 aliphatic carbocycles. The Hall–Kier alpha value is -0.940. The Morgan fingerprint density at radius 1 is 1.53 bits per heavy atom. The Balaban J connectivity index is 2.02. The predicted octanol–water partition coefficient (Wildman–Crippen LogP) is 2.53. The number of nitrogens with one attached hydrogen (secondary N) is 2. The molecule has 1 fully saturated rings. The summed E-state index contributed by atoms with van der Waals surface area (Å²) in [5.74, 6) is -0.596. The van der Waals surface area contributed by atoms with Crippen LogP contribution < -0.4 is 10.6 Å². The van der Waals surface area contributed by atoms with Crippen LogP contribution in [-0.2, 0) is 4.79 Å². The average Bonchev–Trinajstić information content (AvgIpc) is 2.34. The highest BCUT2D eigenvalue weighted by atomic mass is 79.9. The Labute approximate surface area is 108 Å². The van der Waals surface area contributed by atoms with E-state index < -0.39 is 5.82 Å². The minimum Gasteiger partial charge on any atom is -0.323 e. The van der Waals surface area contributed by atoms with Gasteiger partial charge in [-0.3, -0.25) is 4.79 Å². The molecular formula is C12H14BrFN2O.